The van der Waals surface area contributed by atoms with Crippen molar-refractivity contribution in [3.8, 4) is 5.75 Å². The molecule has 1 amide bonds. The van der Waals surface area contributed by atoms with Crippen molar-refractivity contribution in [2.24, 2.45) is 5.92 Å². The van der Waals surface area contributed by atoms with Crippen LogP contribution in [0.5, 0.6) is 5.75 Å². The van der Waals surface area contributed by atoms with Crippen molar-refractivity contribution >= 4 is 15.9 Å². The zero-order valence-electron chi connectivity index (χ0n) is 15.8. The van der Waals surface area contributed by atoms with E-state index in [4.69, 9.17) is 9.94 Å². The second-order valence-corrected chi connectivity index (χ2v) is 8.39. The molecule has 0 bridgehead atoms. The molecule has 1 atom stereocenters. The maximum Gasteiger partial charge on any atom is 0.262 e. The molecule has 0 spiro atoms. The maximum absolute atomic E-state index is 14.1. The highest BCUT2D eigenvalue weighted by molar-refractivity contribution is 7.89. The minimum absolute atomic E-state index is 0.0953. The van der Waals surface area contributed by atoms with Crippen molar-refractivity contribution in [3.63, 3.8) is 0 Å². The highest BCUT2D eigenvalue weighted by Crippen LogP contribution is 2.27. The van der Waals surface area contributed by atoms with E-state index in [0.29, 0.717) is 5.56 Å². The number of hydrogen-bond acceptors (Lipinski definition) is 5. The maximum atomic E-state index is 14.1. The molecule has 0 heterocycles. The van der Waals surface area contributed by atoms with E-state index in [1.165, 1.54) is 24.7 Å². The van der Waals surface area contributed by atoms with Gasteiger partial charge >= 0.3 is 0 Å². The molecule has 2 N–H and O–H groups in total. The summed E-state index contributed by atoms with van der Waals surface area (Å²) in [6.07, 6.45) is 0. The normalized spacial score (nSPS) is 12.8. The van der Waals surface area contributed by atoms with Crippen molar-refractivity contribution in [3.05, 3.63) is 59.9 Å². The largest absolute Gasteiger partial charge is 0.494 e. The lowest BCUT2D eigenvalue weighted by atomic mass is 10.0. The van der Waals surface area contributed by atoms with Crippen LogP contribution in [0.3, 0.4) is 0 Å². The van der Waals surface area contributed by atoms with E-state index in [-0.39, 0.29) is 17.2 Å². The number of hydroxylamine groups is 1. The van der Waals surface area contributed by atoms with Crippen molar-refractivity contribution < 1.29 is 27.5 Å². The van der Waals surface area contributed by atoms with Gasteiger partial charge in [-0.3, -0.25) is 10.0 Å². The van der Waals surface area contributed by atoms with Crippen LogP contribution in [0.1, 0.15) is 19.4 Å². The number of nitrogens with one attached hydrogen (secondary N) is 1. The Kier molecular flexibility index (Phi) is 7.11. The zero-order valence-corrected chi connectivity index (χ0v) is 16.6. The molecular formula is C19H23FN2O5S. The molecule has 7 nitrogen and oxygen atoms in total. The summed E-state index contributed by atoms with van der Waals surface area (Å²) >= 11 is 0. The number of hydrogen-bond donors (Lipinski definition) is 2. The van der Waals surface area contributed by atoms with Crippen molar-refractivity contribution in [1.29, 1.82) is 0 Å². The second-order valence-electron chi connectivity index (χ2n) is 6.50. The van der Waals surface area contributed by atoms with Crippen LogP contribution < -0.4 is 10.2 Å². The van der Waals surface area contributed by atoms with E-state index in [9.17, 15) is 17.6 Å². The molecule has 2 aromatic rings. The molecule has 0 saturated carbocycles. The van der Waals surface area contributed by atoms with Crippen LogP contribution in [-0.4, -0.2) is 37.0 Å². The molecule has 0 aliphatic carbocycles. The van der Waals surface area contributed by atoms with E-state index >= 15 is 0 Å². The highest BCUT2D eigenvalue weighted by atomic mass is 32.2. The first kappa shape index (κ1) is 21.8. The fourth-order valence-corrected chi connectivity index (χ4v) is 4.59. The van der Waals surface area contributed by atoms with Gasteiger partial charge in [-0.15, -0.1) is 0 Å². The van der Waals surface area contributed by atoms with Gasteiger partial charge < -0.3 is 4.74 Å². The van der Waals surface area contributed by atoms with Crippen molar-refractivity contribution in [2.45, 2.75) is 31.3 Å². The van der Waals surface area contributed by atoms with Gasteiger partial charge in [0.1, 0.15) is 6.04 Å². The van der Waals surface area contributed by atoms with Gasteiger partial charge in [0.25, 0.3) is 5.91 Å². The molecule has 28 heavy (non-hydrogen) atoms. The number of ether oxygens (including phenoxy) is 1. The van der Waals surface area contributed by atoms with E-state index in [2.05, 4.69) is 0 Å². The topological polar surface area (TPSA) is 95.9 Å². The van der Waals surface area contributed by atoms with Crippen molar-refractivity contribution in [2.75, 3.05) is 7.11 Å². The number of carbonyl (C=O) groups is 1. The molecule has 2 rings (SSSR count). The van der Waals surface area contributed by atoms with Gasteiger partial charge in [-0.05, 0) is 29.7 Å². The predicted octanol–water partition coefficient (Wildman–Crippen LogP) is 2.56. The zero-order chi connectivity index (χ0) is 20.9. The molecule has 2 aromatic carbocycles. The van der Waals surface area contributed by atoms with Gasteiger partial charge in [-0.1, -0.05) is 44.2 Å². The summed E-state index contributed by atoms with van der Waals surface area (Å²) in [4.78, 5) is 11.9. The number of nitrogens with zero attached hydrogens (tertiary/aromatic N) is 1. The summed E-state index contributed by atoms with van der Waals surface area (Å²) in [6.45, 7) is 3.18. The molecule has 0 fully saturated rings. The van der Waals surface area contributed by atoms with E-state index < -0.39 is 33.7 Å². The molecular weight excluding hydrogens is 387 g/mol. The lowest BCUT2D eigenvalue weighted by molar-refractivity contribution is -0.134. The Morgan fingerprint density at radius 2 is 1.86 bits per heavy atom. The summed E-state index contributed by atoms with van der Waals surface area (Å²) < 4.78 is 46.5. The van der Waals surface area contributed by atoms with Crippen LogP contribution in [0.25, 0.3) is 0 Å². The number of benzene rings is 2. The SMILES string of the molecule is COc1ccc(S(=O)(=O)N(Cc2ccccc2)C(C(=O)NO)C(C)C)cc1F. The van der Waals surface area contributed by atoms with Gasteiger partial charge in [-0.2, -0.15) is 4.31 Å². The Labute approximate surface area is 163 Å². The average molecular weight is 410 g/mol. The van der Waals surface area contributed by atoms with Crippen LogP contribution in [-0.2, 0) is 21.4 Å². The Hall–Kier alpha value is -2.49. The predicted molar refractivity (Wildman–Crippen MR) is 101 cm³/mol. The summed E-state index contributed by atoms with van der Waals surface area (Å²) in [5.74, 6) is -2.27. The lowest BCUT2D eigenvalue weighted by Crippen LogP contribution is -2.51. The van der Waals surface area contributed by atoms with Crippen LogP contribution in [0.2, 0.25) is 0 Å². The minimum atomic E-state index is -4.28. The first-order chi connectivity index (χ1) is 13.2. The van der Waals surface area contributed by atoms with E-state index in [0.717, 1.165) is 10.4 Å². The fraction of sp³-hybridized carbons (Fsp3) is 0.316. The highest BCUT2D eigenvalue weighted by Gasteiger charge is 2.38. The Balaban J connectivity index is 2.58. The summed E-state index contributed by atoms with van der Waals surface area (Å²) in [5, 5.41) is 9.12. The number of methoxy groups -OCH3 is 1. The third-order valence-corrected chi connectivity index (χ3v) is 6.05. The fourth-order valence-electron chi connectivity index (χ4n) is 2.87. The first-order valence-electron chi connectivity index (χ1n) is 8.55. The van der Waals surface area contributed by atoms with Crippen LogP contribution in [0.4, 0.5) is 4.39 Å². The van der Waals surface area contributed by atoms with Crippen LogP contribution in [0.15, 0.2) is 53.4 Å². The summed E-state index contributed by atoms with van der Waals surface area (Å²) in [6, 6.07) is 10.7. The van der Waals surface area contributed by atoms with Gasteiger partial charge in [0, 0.05) is 6.54 Å². The molecule has 152 valence electrons. The average Bonchev–Trinajstić information content (AvgIpc) is 2.67. The molecule has 0 aliphatic heterocycles. The number of halogens is 1. The molecule has 0 aliphatic rings. The summed E-state index contributed by atoms with van der Waals surface area (Å²) in [5.41, 5.74) is 2.16. The molecule has 9 heteroatoms. The second kappa shape index (κ2) is 9.13. The molecule has 1 unspecified atom stereocenters. The van der Waals surface area contributed by atoms with Gasteiger partial charge in [-0.25, -0.2) is 18.3 Å². The smallest absolute Gasteiger partial charge is 0.262 e. The quantitative estimate of drug-likeness (QED) is 0.515. The standard InChI is InChI=1S/C19H23FN2O5S/c1-13(2)18(19(23)21-24)22(12-14-7-5-4-6-8-14)28(25,26)15-9-10-17(27-3)16(20)11-15/h4-11,13,18,24H,12H2,1-3H3,(H,21,23). The minimum Gasteiger partial charge on any atom is -0.494 e. The third-order valence-electron chi connectivity index (χ3n) is 4.23. The molecule has 0 saturated heterocycles. The Morgan fingerprint density at radius 3 is 2.36 bits per heavy atom. The Morgan fingerprint density at radius 1 is 1.21 bits per heavy atom. The lowest BCUT2D eigenvalue weighted by Gasteiger charge is -2.32. The first-order valence-corrected chi connectivity index (χ1v) is 9.99. The third kappa shape index (κ3) is 4.67. The van der Waals surface area contributed by atoms with Crippen LogP contribution in [0, 0.1) is 11.7 Å². The van der Waals surface area contributed by atoms with Gasteiger partial charge in [0.05, 0.1) is 12.0 Å². The Bertz CT molecular complexity index is 919. The van der Waals surface area contributed by atoms with E-state index in [1.54, 1.807) is 44.2 Å². The van der Waals surface area contributed by atoms with E-state index in [1.807, 2.05) is 0 Å². The van der Waals surface area contributed by atoms with Crippen molar-refractivity contribution in [1.82, 2.24) is 9.79 Å². The summed E-state index contributed by atoms with van der Waals surface area (Å²) in [7, 11) is -3.01. The number of sulfonamides is 1. The monoisotopic (exact) mass is 410 g/mol. The molecule has 0 radical (unpaired) electrons. The number of amides is 1. The van der Waals surface area contributed by atoms with Gasteiger partial charge in [0.2, 0.25) is 10.0 Å². The van der Waals surface area contributed by atoms with Crippen LogP contribution >= 0.6 is 0 Å². The molecule has 0 aromatic heterocycles. The number of carbonyl (C=O) groups excluding carboxylic acids is 1. The van der Waals surface area contributed by atoms with Gasteiger partial charge in [0.15, 0.2) is 11.6 Å². The number of rotatable bonds is 8.